The number of hydrogen-bond donors (Lipinski definition) is 0. The van der Waals surface area contributed by atoms with Gasteiger partial charge >= 0.3 is 0 Å². The van der Waals surface area contributed by atoms with Gasteiger partial charge in [-0.25, -0.2) is 0 Å². The van der Waals surface area contributed by atoms with Crippen molar-refractivity contribution in [2.45, 2.75) is 11.5 Å². The molecule has 2 rings (SSSR count). The number of nitriles is 1. The molecule has 0 spiro atoms. The van der Waals surface area contributed by atoms with E-state index in [1.54, 1.807) is 18.2 Å². The first-order valence-electron chi connectivity index (χ1n) is 5.76. The lowest BCUT2D eigenvalue weighted by Gasteiger charge is -2.05. The third kappa shape index (κ3) is 3.92. The molecule has 0 aliphatic rings. The molecule has 96 valence electrons. The van der Waals surface area contributed by atoms with Crippen LogP contribution in [0.25, 0.3) is 0 Å². The molecule has 1 atom stereocenters. The molecule has 0 N–H and O–H groups in total. The summed E-state index contributed by atoms with van der Waals surface area (Å²) in [5.74, 6) is 0.864. The summed E-state index contributed by atoms with van der Waals surface area (Å²) in [5.41, 5.74) is 2.40. The van der Waals surface area contributed by atoms with Crippen LogP contribution < -0.4 is 0 Å². The minimum atomic E-state index is -1.03. The third-order valence-electron chi connectivity index (χ3n) is 2.70. The standard InChI is InChI=1S/C15H12ClNOS/c16-15-7-5-12(6-8-15)10-19(18)11-14-4-2-1-3-13(14)9-17/h1-8H,10-11H2. The monoisotopic (exact) mass is 289 g/mol. The molecule has 4 heteroatoms. The molecular formula is C15H12ClNOS. The molecule has 0 saturated heterocycles. The highest BCUT2D eigenvalue weighted by Crippen LogP contribution is 2.15. The van der Waals surface area contributed by atoms with Crippen molar-refractivity contribution in [2.24, 2.45) is 0 Å². The first-order chi connectivity index (χ1) is 9.19. The quantitative estimate of drug-likeness (QED) is 0.862. The van der Waals surface area contributed by atoms with E-state index in [1.807, 2.05) is 30.3 Å². The highest BCUT2D eigenvalue weighted by atomic mass is 35.5. The second kappa shape index (κ2) is 6.51. The molecule has 0 aliphatic heterocycles. The molecule has 2 aromatic carbocycles. The van der Waals surface area contributed by atoms with Crippen molar-refractivity contribution in [1.82, 2.24) is 0 Å². The van der Waals surface area contributed by atoms with Crippen LogP contribution in [0.3, 0.4) is 0 Å². The van der Waals surface area contributed by atoms with Gasteiger partial charge in [0, 0.05) is 21.6 Å². The van der Waals surface area contributed by atoms with E-state index in [-0.39, 0.29) is 0 Å². The molecule has 0 radical (unpaired) electrons. The van der Waals surface area contributed by atoms with Gasteiger partial charge in [0.2, 0.25) is 0 Å². The molecule has 1 unspecified atom stereocenters. The fraction of sp³-hybridized carbons (Fsp3) is 0.133. The normalized spacial score (nSPS) is 11.8. The van der Waals surface area contributed by atoms with Crippen molar-refractivity contribution in [1.29, 1.82) is 5.26 Å². The zero-order chi connectivity index (χ0) is 13.7. The zero-order valence-electron chi connectivity index (χ0n) is 10.2. The molecule has 0 aliphatic carbocycles. The van der Waals surface area contributed by atoms with Crippen LogP contribution >= 0.6 is 11.6 Å². The van der Waals surface area contributed by atoms with Crippen molar-refractivity contribution in [3.05, 3.63) is 70.2 Å². The average molecular weight is 290 g/mol. The van der Waals surface area contributed by atoms with E-state index in [0.29, 0.717) is 22.1 Å². The molecule has 2 aromatic rings. The smallest absolute Gasteiger partial charge is 0.0994 e. The fourth-order valence-electron chi connectivity index (χ4n) is 1.75. The predicted octanol–water partition coefficient (Wildman–Crippen LogP) is 3.66. The highest BCUT2D eigenvalue weighted by molar-refractivity contribution is 7.83. The Morgan fingerprint density at radius 2 is 1.74 bits per heavy atom. The van der Waals surface area contributed by atoms with E-state index in [1.165, 1.54) is 0 Å². The minimum Gasteiger partial charge on any atom is -0.259 e. The molecule has 0 aromatic heterocycles. The van der Waals surface area contributed by atoms with Crippen molar-refractivity contribution in [3.8, 4) is 6.07 Å². The Morgan fingerprint density at radius 1 is 1.05 bits per heavy atom. The summed E-state index contributed by atoms with van der Waals surface area (Å²) in [6.45, 7) is 0. The largest absolute Gasteiger partial charge is 0.259 e. The van der Waals surface area contributed by atoms with Gasteiger partial charge in [0.25, 0.3) is 0 Å². The topological polar surface area (TPSA) is 40.9 Å². The second-order valence-corrected chi connectivity index (χ2v) is 6.02. The number of halogens is 1. The van der Waals surface area contributed by atoms with Crippen LogP contribution in [-0.4, -0.2) is 4.21 Å². The number of benzene rings is 2. The molecule has 0 heterocycles. The molecule has 0 amide bonds. The van der Waals surface area contributed by atoms with Crippen molar-refractivity contribution in [2.75, 3.05) is 0 Å². The Hall–Kier alpha value is -1.63. The van der Waals surface area contributed by atoms with Crippen LogP contribution in [0.2, 0.25) is 5.02 Å². The van der Waals surface area contributed by atoms with Gasteiger partial charge in [-0.2, -0.15) is 5.26 Å². The first-order valence-corrected chi connectivity index (χ1v) is 7.63. The third-order valence-corrected chi connectivity index (χ3v) is 4.24. The maximum absolute atomic E-state index is 12.1. The number of rotatable bonds is 4. The first kappa shape index (κ1) is 13.8. The lowest BCUT2D eigenvalue weighted by atomic mass is 10.1. The van der Waals surface area contributed by atoms with Crippen LogP contribution in [0.15, 0.2) is 48.5 Å². The van der Waals surface area contributed by atoms with E-state index in [0.717, 1.165) is 11.1 Å². The maximum Gasteiger partial charge on any atom is 0.0994 e. The molecule has 19 heavy (non-hydrogen) atoms. The van der Waals surface area contributed by atoms with Crippen LogP contribution in [0, 0.1) is 11.3 Å². The Bertz CT molecular complexity index is 631. The summed E-state index contributed by atoms with van der Waals surface area (Å²) in [4.78, 5) is 0. The van der Waals surface area contributed by atoms with Crippen LogP contribution in [0.5, 0.6) is 0 Å². The van der Waals surface area contributed by atoms with E-state index in [2.05, 4.69) is 6.07 Å². The van der Waals surface area contributed by atoms with Gasteiger partial charge in [-0.1, -0.05) is 41.9 Å². The molecule has 0 saturated carbocycles. The Morgan fingerprint density at radius 3 is 2.42 bits per heavy atom. The van der Waals surface area contributed by atoms with Gasteiger partial charge in [-0.05, 0) is 29.3 Å². The van der Waals surface area contributed by atoms with Crippen LogP contribution in [0.4, 0.5) is 0 Å². The minimum absolute atomic E-state index is 0.395. The summed E-state index contributed by atoms with van der Waals surface area (Å²) in [5, 5.41) is 9.66. The Kier molecular flexibility index (Phi) is 4.73. The van der Waals surface area contributed by atoms with Crippen molar-refractivity contribution >= 4 is 22.4 Å². The van der Waals surface area contributed by atoms with E-state index in [4.69, 9.17) is 16.9 Å². The van der Waals surface area contributed by atoms with E-state index >= 15 is 0 Å². The van der Waals surface area contributed by atoms with Gasteiger partial charge < -0.3 is 0 Å². The summed E-state index contributed by atoms with van der Waals surface area (Å²) < 4.78 is 12.1. The van der Waals surface area contributed by atoms with E-state index < -0.39 is 10.8 Å². The van der Waals surface area contributed by atoms with Crippen LogP contribution in [0.1, 0.15) is 16.7 Å². The van der Waals surface area contributed by atoms with Crippen LogP contribution in [-0.2, 0) is 22.3 Å². The Balaban J connectivity index is 2.06. The fourth-order valence-corrected chi connectivity index (χ4v) is 3.14. The molecule has 2 nitrogen and oxygen atoms in total. The Labute approximate surface area is 120 Å². The number of hydrogen-bond acceptors (Lipinski definition) is 2. The summed E-state index contributed by atoms with van der Waals surface area (Å²) in [6.07, 6.45) is 0. The summed E-state index contributed by atoms with van der Waals surface area (Å²) >= 11 is 5.81. The molecule has 0 fully saturated rings. The number of nitrogens with zero attached hydrogens (tertiary/aromatic N) is 1. The zero-order valence-corrected chi connectivity index (χ0v) is 11.7. The van der Waals surface area contributed by atoms with E-state index in [9.17, 15) is 4.21 Å². The SMILES string of the molecule is N#Cc1ccccc1CS(=O)Cc1ccc(Cl)cc1. The van der Waals surface area contributed by atoms with Gasteiger partial charge in [0.05, 0.1) is 17.4 Å². The summed E-state index contributed by atoms with van der Waals surface area (Å²) in [7, 11) is -1.03. The molecule has 0 bridgehead atoms. The average Bonchev–Trinajstić information content (AvgIpc) is 2.42. The maximum atomic E-state index is 12.1. The van der Waals surface area contributed by atoms with Gasteiger partial charge in [0.1, 0.15) is 0 Å². The second-order valence-electron chi connectivity index (χ2n) is 4.12. The van der Waals surface area contributed by atoms with Crippen molar-refractivity contribution in [3.63, 3.8) is 0 Å². The summed E-state index contributed by atoms with van der Waals surface area (Å²) in [6, 6.07) is 16.7. The highest BCUT2D eigenvalue weighted by Gasteiger charge is 2.07. The predicted molar refractivity (Wildman–Crippen MR) is 78.2 cm³/mol. The van der Waals surface area contributed by atoms with Gasteiger partial charge in [0.15, 0.2) is 0 Å². The lowest BCUT2D eigenvalue weighted by molar-refractivity contribution is 0.682. The van der Waals surface area contributed by atoms with Crippen molar-refractivity contribution < 1.29 is 4.21 Å². The van der Waals surface area contributed by atoms with Gasteiger partial charge in [-0.3, -0.25) is 4.21 Å². The molecular weight excluding hydrogens is 278 g/mol. The van der Waals surface area contributed by atoms with Gasteiger partial charge in [-0.15, -0.1) is 0 Å². The lowest BCUT2D eigenvalue weighted by Crippen LogP contribution is -2.01.